The fourth-order valence-corrected chi connectivity index (χ4v) is 4.45. The van der Waals surface area contributed by atoms with Crippen molar-refractivity contribution in [2.75, 3.05) is 0 Å². The Morgan fingerprint density at radius 1 is 1.26 bits per heavy atom. The van der Waals surface area contributed by atoms with Crippen LogP contribution in [-0.4, -0.2) is 29.0 Å². The molecule has 0 spiro atoms. The smallest absolute Gasteiger partial charge is 0.238 e. The Labute approximate surface area is 166 Å². The van der Waals surface area contributed by atoms with Crippen LogP contribution in [-0.2, 0) is 16.6 Å². The molecular weight excluding hydrogens is 406 g/mol. The third-order valence-electron chi connectivity index (χ3n) is 4.11. The lowest BCUT2D eigenvalue weighted by Gasteiger charge is -2.11. The van der Waals surface area contributed by atoms with Crippen LogP contribution >= 0.6 is 23.4 Å². The molecule has 3 rings (SSSR count). The number of imidazole rings is 1. The maximum absolute atomic E-state index is 12.7. The number of Topliss-reactive ketones (excluding diaryl/α,β-unsaturated/α-hetero) is 1. The molecule has 1 unspecified atom stereocenters. The number of nitrogens with two attached hydrogens (primary N) is 1. The fraction of sp³-hybridized carbons (Fsp3) is 0.222. The molecule has 27 heavy (non-hydrogen) atoms. The Balaban J connectivity index is 1.93. The summed E-state index contributed by atoms with van der Waals surface area (Å²) in [5.41, 5.74) is 1.89. The summed E-state index contributed by atoms with van der Waals surface area (Å²) in [6.07, 6.45) is 0. The molecular formula is C18H18ClN3O3S2. The molecule has 1 aromatic heterocycles. The zero-order valence-electron chi connectivity index (χ0n) is 14.7. The highest BCUT2D eigenvalue weighted by Gasteiger charge is 2.21. The van der Waals surface area contributed by atoms with Crippen LogP contribution in [0.5, 0.6) is 0 Å². The van der Waals surface area contributed by atoms with Crippen molar-refractivity contribution in [1.82, 2.24) is 9.55 Å². The van der Waals surface area contributed by atoms with Crippen LogP contribution < -0.4 is 5.14 Å². The SMILES string of the molecule is CCn1c(SC(C)C(=O)c2ccc(Cl)cc2)nc2cc(S(N)(=O)=O)ccc21. The van der Waals surface area contributed by atoms with E-state index in [1.54, 1.807) is 30.3 Å². The van der Waals surface area contributed by atoms with Gasteiger partial charge in [-0.15, -0.1) is 0 Å². The van der Waals surface area contributed by atoms with E-state index >= 15 is 0 Å². The number of fused-ring (bicyclic) bond motifs is 1. The molecule has 0 aliphatic rings. The van der Waals surface area contributed by atoms with E-state index in [2.05, 4.69) is 4.98 Å². The fourth-order valence-electron chi connectivity index (χ4n) is 2.72. The highest BCUT2D eigenvalue weighted by Crippen LogP contribution is 2.30. The third-order valence-corrected chi connectivity index (χ3v) is 6.36. The zero-order chi connectivity index (χ0) is 19.8. The standard InChI is InChI=1S/C18H18ClN3O3S2/c1-3-22-16-9-8-14(27(20,24)25)10-15(16)21-18(22)26-11(2)17(23)12-4-6-13(19)7-5-12/h4-11H,3H2,1-2H3,(H2,20,24,25). The van der Waals surface area contributed by atoms with Gasteiger partial charge in [-0.05, 0) is 56.3 Å². The number of rotatable bonds is 6. The number of ketones is 1. The number of aryl methyl sites for hydroxylation is 1. The summed E-state index contributed by atoms with van der Waals surface area (Å²) >= 11 is 7.20. The van der Waals surface area contributed by atoms with Crippen molar-refractivity contribution < 1.29 is 13.2 Å². The number of primary sulfonamides is 1. The molecule has 6 nitrogen and oxygen atoms in total. The molecule has 3 aromatic rings. The number of benzene rings is 2. The second-order valence-electron chi connectivity index (χ2n) is 5.97. The Morgan fingerprint density at radius 2 is 1.93 bits per heavy atom. The molecule has 1 heterocycles. The van der Waals surface area contributed by atoms with Crippen LogP contribution in [0.4, 0.5) is 0 Å². The van der Waals surface area contributed by atoms with Gasteiger partial charge in [0.15, 0.2) is 10.9 Å². The maximum Gasteiger partial charge on any atom is 0.238 e. The van der Waals surface area contributed by atoms with Gasteiger partial charge in [0.1, 0.15) is 0 Å². The molecule has 142 valence electrons. The van der Waals surface area contributed by atoms with Gasteiger partial charge in [0.25, 0.3) is 0 Å². The highest BCUT2D eigenvalue weighted by molar-refractivity contribution is 8.00. The lowest BCUT2D eigenvalue weighted by molar-refractivity contribution is 0.0994. The number of thioether (sulfide) groups is 1. The van der Waals surface area contributed by atoms with Crippen LogP contribution in [0.15, 0.2) is 52.5 Å². The summed E-state index contributed by atoms with van der Waals surface area (Å²) in [7, 11) is -3.80. The van der Waals surface area contributed by atoms with E-state index in [-0.39, 0.29) is 15.9 Å². The molecule has 0 aliphatic heterocycles. The minimum absolute atomic E-state index is 0.0117. The lowest BCUT2D eigenvalue weighted by atomic mass is 10.1. The predicted octanol–water partition coefficient (Wildman–Crippen LogP) is 3.72. The molecule has 0 fully saturated rings. The minimum atomic E-state index is -3.80. The van der Waals surface area contributed by atoms with Crippen LogP contribution in [0.25, 0.3) is 11.0 Å². The maximum atomic E-state index is 12.7. The first kappa shape index (κ1) is 19.9. The van der Waals surface area contributed by atoms with Crippen molar-refractivity contribution in [2.24, 2.45) is 5.14 Å². The van der Waals surface area contributed by atoms with Crippen LogP contribution in [0.1, 0.15) is 24.2 Å². The first-order valence-corrected chi connectivity index (χ1v) is 11.0. The number of nitrogens with zero attached hydrogens (tertiary/aromatic N) is 2. The van der Waals surface area contributed by atoms with E-state index < -0.39 is 10.0 Å². The molecule has 1 atom stereocenters. The molecule has 9 heteroatoms. The van der Waals surface area contributed by atoms with Crippen molar-refractivity contribution in [3.05, 3.63) is 53.1 Å². The molecule has 0 amide bonds. The van der Waals surface area contributed by atoms with Crippen molar-refractivity contribution in [3.63, 3.8) is 0 Å². The Hall–Kier alpha value is -1.87. The number of carbonyl (C=O) groups is 1. The van der Waals surface area contributed by atoms with E-state index in [4.69, 9.17) is 16.7 Å². The number of carbonyl (C=O) groups excluding carboxylic acids is 1. The summed E-state index contributed by atoms with van der Waals surface area (Å²) in [4.78, 5) is 17.2. The predicted molar refractivity (Wildman–Crippen MR) is 108 cm³/mol. The van der Waals surface area contributed by atoms with Crippen molar-refractivity contribution in [3.8, 4) is 0 Å². The lowest BCUT2D eigenvalue weighted by Crippen LogP contribution is -2.14. The van der Waals surface area contributed by atoms with Crippen molar-refractivity contribution in [2.45, 2.75) is 35.7 Å². The first-order valence-electron chi connectivity index (χ1n) is 8.20. The average molecular weight is 424 g/mol. The third kappa shape index (κ3) is 4.19. The van der Waals surface area contributed by atoms with Crippen LogP contribution in [0.3, 0.4) is 0 Å². The second kappa shape index (κ2) is 7.63. The minimum Gasteiger partial charge on any atom is -0.319 e. The number of halogens is 1. The molecule has 0 saturated heterocycles. The summed E-state index contributed by atoms with van der Waals surface area (Å²) in [5, 5.41) is 6.05. The monoisotopic (exact) mass is 423 g/mol. The van der Waals surface area contributed by atoms with E-state index in [1.807, 2.05) is 18.4 Å². The van der Waals surface area contributed by atoms with Gasteiger partial charge < -0.3 is 4.57 Å². The van der Waals surface area contributed by atoms with Gasteiger partial charge in [0, 0.05) is 17.1 Å². The Kier molecular flexibility index (Phi) is 5.62. The molecule has 0 radical (unpaired) electrons. The van der Waals surface area contributed by atoms with E-state index in [9.17, 15) is 13.2 Å². The van der Waals surface area contributed by atoms with E-state index in [1.165, 1.54) is 23.9 Å². The largest absolute Gasteiger partial charge is 0.319 e. The Morgan fingerprint density at radius 3 is 2.52 bits per heavy atom. The van der Waals surface area contributed by atoms with E-state index in [0.29, 0.717) is 27.8 Å². The normalized spacial score (nSPS) is 13.0. The molecule has 2 aromatic carbocycles. The van der Waals surface area contributed by atoms with Gasteiger partial charge >= 0.3 is 0 Å². The number of hydrogen-bond donors (Lipinski definition) is 1. The summed E-state index contributed by atoms with van der Waals surface area (Å²) in [5.74, 6) is -0.0309. The van der Waals surface area contributed by atoms with Gasteiger partial charge in [-0.2, -0.15) is 0 Å². The van der Waals surface area contributed by atoms with Gasteiger partial charge in [-0.3, -0.25) is 4.79 Å². The zero-order valence-corrected chi connectivity index (χ0v) is 17.1. The molecule has 0 aliphatic carbocycles. The molecule has 0 saturated carbocycles. The number of sulfonamides is 1. The van der Waals surface area contributed by atoms with Crippen LogP contribution in [0.2, 0.25) is 5.02 Å². The summed E-state index contributed by atoms with van der Waals surface area (Å²) < 4.78 is 25.1. The summed E-state index contributed by atoms with van der Waals surface area (Å²) in [6.45, 7) is 4.41. The van der Waals surface area contributed by atoms with Crippen LogP contribution in [0, 0.1) is 0 Å². The van der Waals surface area contributed by atoms with Crippen molar-refractivity contribution >= 4 is 50.2 Å². The van der Waals surface area contributed by atoms with E-state index in [0.717, 1.165) is 5.52 Å². The summed E-state index contributed by atoms with van der Waals surface area (Å²) in [6, 6.07) is 11.4. The topological polar surface area (TPSA) is 95.0 Å². The van der Waals surface area contributed by atoms with Crippen molar-refractivity contribution in [1.29, 1.82) is 0 Å². The molecule has 2 N–H and O–H groups in total. The quantitative estimate of drug-likeness (QED) is 0.481. The van der Waals surface area contributed by atoms with Gasteiger partial charge in [-0.25, -0.2) is 18.5 Å². The number of hydrogen-bond acceptors (Lipinski definition) is 5. The average Bonchev–Trinajstić information content (AvgIpc) is 2.97. The second-order valence-corrected chi connectivity index (χ2v) is 9.27. The number of aromatic nitrogens is 2. The first-order chi connectivity index (χ1) is 12.7. The van der Waals surface area contributed by atoms with Gasteiger partial charge in [-0.1, -0.05) is 23.4 Å². The highest BCUT2D eigenvalue weighted by atomic mass is 35.5. The molecule has 0 bridgehead atoms. The van der Waals surface area contributed by atoms with Gasteiger partial charge in [0.05, 0.1) is 21.2 Å². The van der Waals surface area contributed by atoms with Gasteiger partial charge in [0.2, 0.25) is 10.0 Å². The Bertz CT molecular complexity index is 1110.